The van der Waals surface area contributed by atoms with Crippen molar-refractivity contribution in [3.63, 3.8) is 0 Å². The van der Waals surface area contributed by atoms with Crippen molar-refractivity contribution in [2.75, 3.05) is 34.0 Å². The van der Waals surface area contributed by atoms with Gasteiger partial charge in [-0.15, -0.1) is 0 Å². The standard InChI is InChI=1S/C20H27NO3/c1-16-7-4-5-8-17(16)11-12-21-15-18-9-6-10-19(23-3)20(18)24-14-13-22-2/h4-10,21H,11-15H2,1-3H3. The van der Waals surface area contributed by atoms with Gasteiger partial charge in [0.05, 0.1) is 13.7 Å². The van der Waals surface area contributed by atoms with E-state index in [0.717, 1.165) is 36.6 Å². The average Bonchev–Trinajstić information content (AvgIpc) is 2.61. The molecule has 4 heteroatoms. The van der Waals surface area contributed by atoms with Crippen LogP contribution < -0.4 is 14.8 Å². The van der Waals surface area contributed by atoms with Crippen molar-refractivity contribution in [1.29, 1.82) is 0 Å². The van der Waals surface area contributed by atoms with Crippen LogP contribution in [0.2, 0.25) is 0 Å². The highest BCUT2D eigenvalue weighted by molar-refractivity contribution is 5.46. The lowest BCUT2D eigenvalue weighted by Crippen LogP contribution is -2.18. The maximum absolute atomic E-state index is 5.84. The molecule has 0 radical (unpaired) electrons. The first-order chi connectivity index (χ1) is 11.8. The van der Waals surface area contributed by atoms with E-state index in [1.165, 1.54) is 11.1 Å². The number of hydrogen-bond acceptors (Lipinski definition) is 4. The van der Waals surface area contributed by atoms with E-state index in [1.54, 1.807) is 14.2 Å². The summed E-state index contributed by atoms with van der Waals surface area (Å²) in [6.45, 7) is 4.87. The Hall–Kier alpha value is -2.04. The van der Waals surface area contributed by atoms with E-state index in [-0.39, 0.29) is 0 Å². The molecule has 2 rings (SSSR count). The first-order valence-electron chi connectivity index (χ1n) is 8.29. The second kappa shape index (κ2) is 9.96. The van der Waals surface area contributed by atoms with Gasteiger partial charge in [0.2, 0.25) is 0 Å². The van der Waals surface area contributed by atoms with Crippen LogP contribution in [0.15, 0.2) is 42.5 Å². The zero-order chi connectivity index (χ0) is 17.2. The van der Waals surface area contributed by atoms with E-state index >= 15 is 0 Å². The molecule has 0 aliphatic carbocycles. The molecule has 0 spiro atoms. The Morgan fingerprint density at radius 1 is 0.917 bits per heavy atom. The molecule has 4 nitrogen and oxygen atoms in total. The summed E-state index contributed by atoms with van der Waals surface area (Å²) in [7, 11) is 3.33. The van der Waals surface area contributed by atoms with Gasteiger partial charge in [0.1, 0.15) is 6.61 Å². The number of para-hydroxylation sites is 1. The fourth-order valence-electron chi connectivity index (χ4n) is 2.59. The molecular formula is C20H27NO3. The molecule has 0 amide bonds. The van der Waals surface area contributed by atoms with Gasteiger partial charge in [-0.3, -0.25) is 0 Å². The predicted octanol–water partition coefficient (Wildman–Crippen LogP) is 3.36. The van der Waals surface area contributed by atoms with Crippen molar-refractivity contribution < 1.29 is 14.2 Å². The van der Waals surface area contributed by atoms with E-state index in [0.29, 0.717) is 13.2 Å². The summed E-state index contributed by atoms with van der Waals surface area (Å²) >= 11 is 0. The summed E-state index contributed by atoms with van der Waals surface area (Å²) in [5, 5.41) is 3.49. The van der Waals surface area contributed by atoms with Crippen LogP contribution in [0.5, 0.6) is 11.5 Å². The average molecular weight is 329 g/mol. The van der Waals surface area contributed by atoms with Crippen molar-refractivity contribution in [3.05, 3.63) is 59.2 Å². The Balaban J connectivity index is 1.92. The van der Waals surface area contributed by atoms with Crippen molar-refractivity contribution in [2.45, 2.75) is 19.9 Å². The van der Waals surface area contributed by atoms with Crippen LogP contribution >= 0.6 is 0 Å². The number of ether oxygens (including phenoxy) is 3. The molecule has 0 atom stereocenters. The Labute approximate surface area is 144 Å². The smallest absolute Gasteiger partial charge is 0.165 e. The number of nitrogens with one attached hydrogen (secondary N) is 1. The molecule has 0 fully saturated rings. The number of benzene rings is 2. The maximum Gasteiger partial charge on any atom is 0.165 e. The van der Waals surface area contributed by atoms with Crippen molar-refractivity contribution in [2.24, 2.45) is 0 Å². The molecule has 1 N–H and O–H groups in total. The number of hydrogen-bond donors (Lipinski definition) is 1. The molecule has 130 valence electrons. The minimum Gasteiger partial charge on any atom is -0.493 e. The Morgan fingerprint density at radius 2 is 1.71 bits per heavy atom. The second-order valence-corrected chi connectivity index (χ2v) is 5.64. The molecule has 0 heterocycles. The van der Waals surface area contributed by atoms with Crippen LogP contribution in [0, 0.1) is 6.92 Å². The van der Waals surface area contributed by atoms with E-state index < -0.39 is 0 Å². The van der Waals surface area contributed by atoms with Gasteiger partial charge in [-0.05, 0) is 37.1 Å². The largest absolute Gasteiger partial charge is 0.493 e. The highest BCUT2D eigenvalue weighted by Gasteiger charge is 2.10. The summed E-state index contributed by atoms with van der Waals surface area (Å²) in [5.74, 6) is 1.55. The lowest BCUT2D eigenvalue weighted by Gasteiger charge is -2.15. The highest BCUT2D eigenvalue weighted by atomic mass is 16.5. The predicted molar refractivity (Wildman–Crippen MR) is 97.0 cm³/mol. The lowest BCUT2D eigenvalue weighted by atomic mass is 10.1. The van der Waals surface area contributed by atoms with Gasteiger partial charge < -0.3 is 19.5 Å². The summed E-state index contributed by atoms with van der Waals surface area (Å²) in [6, 6.07) is 14.5. The fraction of sp³-hybridized carbons (Fsp3) is 0.400. The molecular weight excluding hydrogens is 302 g/mol. The van der Waals surface area contributed by atoms with Gasteiger partial charge in [-0.25, -0.2) is 0 Å². The quantitative estimate of drug-likeness (QED) is 0.679. The molecule has 0 bridgehead atoms. The van der Waals surface area contributed by atoms with Crippen LogP contribution in [0.25, 0.3) is 0 Å². The van der Waals surface area contributed by atoms with Crippen LogP contribution in [0.4, 0.5) is 0 Å². The molecule has 0 unspecified atom stereocenters. The van der Waals surface area contributed by atoms with Gasteiger partial charge in [-0.1, -0.05) is 36.4 Å². The number of aryl methyl sites for hydroxylation is 1. The van der Waals surface area contributed by atoms with Crippen LogP contribution in [-0.2, 0) is 17.7 Å². The monoisotopic (exact) mass is 329 g/mol. The first-order valence-corrected chi connectivity index (χ1v) is 8.29. The maximum atomic E-state index is 5.84. The zero-order valence-corrected chi connectivity index (χ0v) is 14.8. The molecule has 0 saturated heterocycles. The topological polar surface area (TPSA) is 39.7 Å². The van der Waals surface area contributed by atoms with Gasteiger partial charge in [0.25, 0.3) is 0 Å². The first kappa shape index (κ1) is 18.3. The third kappa shape index (κ3) is 5.25. The minimum atomic E-state index is 0.507. The van der Waals surface area contributed by atoms with Crippen LogP contribution in [0.1, 0.15) is 16.7 Å². The zero-order valence-electron chi connectivity index (χ0n) is 14.8. The minimum absolute atomic E-state index is 0.507. The van der Waals surface area contributed by atoms with Crippen LogP contribution in [0.3, 0.4) is 0 Å². The molecule has 24 heavy (non-hydrogen) atoms. The molecule has 2 aromatic carbocycles. The molecule has 2 aromatic rings. The summed E-state index contributed by atoms with van der Waals surface area (Å²) in [6.07, 6.45) is 1.01. The van der Waals surface area contributed by atoms with E-state index in [9.17, 15) is 0 Å². The normalized spacial score (nSPS) is 10.6. The number of methoxy groups -OCH3 is 2. The van der Waals surface area contributed by atoms with Gasteiger partial charge in [0, 0.05) is 19.2 Å². The third-order valence-electron chi connectivity index (χ3n) is 3.96. The van der Waals surface area contributed by atoms with Crippen molar-refractivity contribution in [3.8, 4) is 11.5 Å². The van der Waals surface area contributed by atoms with Gasteiger partial charge in [0.15, 0.2) is 11.5 Å². The van der Waals surface area contributed by atoms with Gasteiger partial charge >= 0.3 is 0 Å². The Kier molecular flexibility index (Phi) is 7.59. The molecule has 0 aliphatic rings. The Morgan fingerprint density at radius 3 is 2.46 bits per heavy atom. The van der Waals surface area contributed by atoms with E-state index in [4.69, 9.17) is 14.2 Å². The molecule has 0 aromatic heterocycles. The molecule has 0 saturated carbocycles. The fourth-order valence-corrected chi connectivity index (χ4v) is 2.59. The summed E-state index contributed by atoms with van der Waals surface area (Å²) < 4.78 is 16.3. The molecule has 0 aliphatic heterocycles. The lowest BCUT2D eigenvalue weighted by molar-refractivity contribution is 0.143. The Bertz CT molecular complexity index is 628. The number of rotatable bonds is 10. The highest BCUT2D eigenvalue weighted by Crippen LogP contribution is 2.31. The summed E-state index contributed by atoms with van der Waals surface area (Å²) in [4.78, 5) is 0. The van der Waals surface area contributed by atoms with E-state index in [1.807, 2.05) is 12.1 Å². The summed E-state index contributed by atoms with van der Waals surface area (Å²) in [5.41, 5.74) is 3.81. The third-order valence-corrected chi connectivity index (χ3v) is 3.96. The second-order valence-electron chi connectivity index (χ2n) is 5.64. The van der Waals surface area contributed by atoms with Crippen molar-refractivity contribution in [1.82, 2.24) is 5.32 Å². The van der Waals surface area contributed by atoms with Gasteiger partial charge in [-0.2, -0.15) is 0 Å². The van der Waals surface area contributed by atoms with Crippen molar-refractivity contribution >= 4 is 0 Å². The SMILES string of the molecule is COCCOc1c(CNCCc2ccccc2C)cccc1OC. The van der Waals surface area contributed by atoms with Crippen LogP contribution in [-0.4, -0.2) is 34.0 Å². The van der Waals surface area contributed by atoms with E-state index in [2.05, 4.69) is 42.6 Å².